The standard InChI is InChI=1S/C19H32N4O2/c1-15-12-16(2)23(20-15)10-6-19(24)22(13-17-7-11-25-14-17)18-4-8-21(3)9-5-18/h12,17-18H,4-11,13-14H2,1-3H3. The lowest BCUT2D eigenvalue weighted by molar-refractivity contribution is -0.135. The average Bonchev–Trinajstić information content (AvgIpc) is 3.20. The molecule has 3 heterocycles. The Hall–Kier alpha value is -1.40. The fourth-order valence-corrected chi connectivity index (χ4v) is 4.01. The summed E-state index contributed by atoms with van der Waals surface area (Å²) in [5.41, 5.74) is 2.14. The molecule has 140 valence electrons. The SMILES string of the molecule is Cc1cc(C)n(CCC(=O)N(CC2CCOC2)C2CCN(C)CC2)n1. The highest BCUT2D eigenvalue weighted by Crippen LogP contribution is 2.22. The Morgan fingerprint density at radius 2 is 2.08 bits per heavy atom. The third kappa shape index (κ3) is 4.82. The topological polar surface area (TPSA) is 50.6 Å². The van der Waals surface area contributed by atoms with Gasteiger partial charge in [0.1, 0.15) is 0 Å². The predicted molar refractivity (Wildman–Crippen MR) is 97.5 cm³/mol. The van der Waals surface area contributed by atoms with Crippen molar-refractivity contribution in [2.24, 2.45) is 5.92 Å². The maximum absolute atomic E-state index is 13.0. The van der Waals surface area contributed by atoms with Crippen LogP contribution in [0.3, 0.4) is 0 Å². The molecule has 0 saturated carbocycles. The van der Waals surface area contributed by atoms with Gasteiger partial charge in [0, 0.05) is 43.8 Å². The van der Waals surface area contributed by atoms with Gasteiger partial charge in [-0.2, -0.15) is 5.10 Å². The van der Waals surface area contributed by atoms with E-state index in [4.69, 9.17) is 4.74 Å². The van der Waals surface area contributed by atoms with E-state index in [0.29, 0.717) is 24.9 Å². The Bertz CT molecular complexity index is 572. The van der Waals surface area contributed by atoms with Gasteiger partial charge in [0.25, 0.3) is 0 Å². The Morgan fingerprint density at radius 1 is 1.32 bits per heavy atom. The van der Waals surface area contributed by atoms with E-state index in [1.54, 1.807) is 0 Å². The summed E-state index contributed by atoms with van der Waals surface area (Å²) in [4.78, 5) is 17.6. The van der Waals surface area contributed by atoms with Gasteiger partial charge in [0.2, 0.25) is 5.91 Å². The molecule has 1 aromatic heterocycles. The van der Waals surface area contributed by atoms with Crippen molar-refractivity contribution in [2.45, 2.75) is 52.1 Å². The van der Waals surface area contributed by atoms with E-state index in [0.717, 1.165) is 63.5 Å². The first kappa shape index (κ1) is 18.4. The number of carbonyl (C=O) groups excluding carboxylic acids is 1. The molecular weight excluding hydrogens is 316 g/mol. The summed E-state index contributed by atoms with van der Waals surface area (Å²) in [6.07, 6.45) is 3.77. The largest absolute Gasteiger partial charge is 0.381 e. The molecule has 0 bridgehead atoms. The van der Waals surface area contributed by atoms with Gasteiger partial charge in [-0.25, -0.2) is 0 Å². The molecule has 0 spiro atoms. The van der Waals surface area contributed by atoms with Gasteiger partial charge < -0.3 is 14.5 Å². The maximum Gasteiger partial charge on any atom is 0.224 e. The molecule has 0 aromatic carbocycles. The predicted octanol–water partition coefficient (Wildman–Crippen LogP) is 1.85. The highest BCUT2D eigenvalue weighted by molar-refractivity contribution is 5.76. The fourth-order valence-electron chi connectivity index (χ4n) is 4.01. The molecule has 0 N–H and O–H groups in total. The first-order valence-corrected chi connectivity index (χ1v) is 9.59. The van der Waals surface area contributed by atoms with Crippen molar-refractivity contribution in [1.82, 2.24) is 19.6 Å². The molecule has 1 aromatic rings. The van der Waals surface area contributed by atoms with E-state index in [2.05, 4.69) is 34.9 Å². The van der Waals surface area contributed by atoms with Crippen LogP contribution in [-0.4, -0.2) is 71.4 Å². The molecule has 1 amide bonds. The number of ether oxygens (including phenoxy) is 1. The molecule has 6 heteroatoms. The number of nitrogens with zero attached hydrogens (tertiary/aromatic N) is 4. The molecule has 2 aliphatic rings. The van der Waals surface area contributed by atoms with Crippen molar-refractivity contribution in [2.75, 3.05) is 39.9 Å². The minimum atomic E-state index is 0.272. The van der Waals surface area contributed by atoms with Crippen LogP contribution in [0.25, 0.3) is 0 Å². The van der Waals surface area contributed by atoms with Crippen LogP contribution >= 0.6 is 0 Å². The molecule has 25 heavy (non-hydrogen) atoms. The summed E-state index contributed by atoms with van der Waals surface area (Å²) in [5, 5.41) is 4.49. The van der Waals surface area contributed by atoms with Crippen LogP contribution in [0.4, 0.5) is 0 Å². The average molecular weight is 348 g/mol. The van der Waals surface area contributed by atoms with Gasteiger partial charge in [-0.3, -0.25) is 9.48 Å². The third-order valence-corrected chi connectivity index (χ3v) is 5.57. The van der Waals surface area contributed by atoms with E-state index < -0.39 is 0 Å². The van der Waals surface area contributed by atoms with E-state index in [1.807, 2.05) is 11.6 Å². The Balaban J connectivity index is 1.62. The first-order valence-electron chi connectivity index (χ1n) is 9.59. The number of likely N-dealkylation sites (tertiary alicyclic amines) is 1. The van der Waals surface area contributed by atoms with Gasteiger partial charge >= 0.3 is 0 Å². The van der Waals surface area contributed by atoms with Crippen molar-refractivity contribution in [3.05, 3.63) is 17.5 Å². The number of carbonyl (C=O) groups is 1. The lowest BCUT2D eigenvalue weighted by atomic mass is 10.00. The summed E-state index contributed by atoms with van der Waals surface area (Å²) in [5.74, 6) is 0.770. The number of rotatable bonds is 6. The summed E-state index contributed by atoms with van der Waals surface area (Å²) in [7, 11) is 2.16. The zero-order valence-corrected chi connectivity index (χ0v) is 15.9. The molecule has 2 fully saturated rings. The number of hydrogen-bond donors (Lipinski definition) is 0. The lowest BCUT2D eigenvalue weighted by Crippen LogP contribution is -2.48. The zero-order chi connectivity index (χ0) is 17.8. The molecular formula is C19H32N4O2. The third-order valence-electron chi connectivity index (χ3n) is 5.57. The second-order valence-corrected chi connectivity index (χ2v) is 7.71. The normalized spacial score (nSPS) is 22.4. The van der Waals surface area contributed by atoms with Gasteiger partial charge in [0.15, 0.2) is 0 Å². The maximum atomic E-state index is 13.0. The van der Waals surface area contributed by atoms with Crippen LogP contribution in [0.15, 0.2) is 6.07 Å². The smallest absolute Gasteiger partial charge is 0.224 e. The summed E-state index contributed by atoms with van der Waals surface area (Å²) >= 11 is 0. The van der Waals surface area contributed by atoms with Crippen LogP contribution < -0.4 is 0 Å². The number of aryl methyl sites for hydroxylation is 3. The Kier molecular flexibility index (Phi) is 6.12. The summed E-state index contributed by atoms with van der Waals surface area (Å²) in [6, 6.07) is 2.44. The monoisotopic (exact) mass is 348 g/mol. The molecule has 3 rings (SSSR count). The quantitative estimate of drug-likeness (QED) is 0.787. The van der Waals surface area contributed by atoms with Crippen LogP contribution in [0.1, 0.15) is 37.1 Å². The van der Waals surface area contributed by atoms with Crippen LogP contribution in [0, 0.1) is 19.8 Å². The molecule has 6 nitrogen and oxygen atoms in total. The van der Waals surface area contributed by atoms with Crippen LogP contribution in [0.2, 0.25) is 0 Å². The first-order chi connectivity index (χ1) is 12.0. The molecule has 2 saturated heterocycles. The molecule has 0 aliphatic carbocycles. The number of piperidine rings is 1. The highest BCUT2D eigenvalue weighted by atomic mass is 16.5. The van der Waals surface area contributed by atoms with Gasteiger partial charge in [-0.1, -0.05) is 0 Å². The van der Waals surface area contributed by atoms with Crippen LogP contribution in [0.5, 0.6) is 0 Å². The highest BCUT2D eigenvalue weighted by Gasteiger charge is 2.30. The minimum Gasteiger partial charge on any atom is -0.381 e. The Labute approximate surface area is 151 Å². The van der Waals surface area contributed by atoms with Gasteiger partial charge in [0.05, 0.1) is 12.3 Å². The van der Waals surface area contributed by atoms with Crippen molar-refractivity contribution >= 4 is 5.91 Å². The van der Waals surface area contributed by atoms with Crippen molar-refractivity contribution in [3.63, 3.8) is 0 Å². The minimum absolute atomic E-state index is 0.272. The van der Waals surface area contributed by atoms with E-state index in [1.165, 1.54) is 0 Å². The number of hydrogen-bond acceptors (Lipinski definition) is 4. The summed E-state index contributed by atoms with van der Waals surface area (Å²) in [6.45, 7) is 9.36. The number of amides is 1. The van der Waals surface area contributed by atoms with Gasteiger partial charge in [-0.05, 0) is 59.3 Å². The molecule has 0 radical (unpaired) electrons. The lowest BCUT2D eigenvalue weighted by Gasteiger charge is -2.38. The van der Waals surface area contributed by atoms with Crippen molar-refractivity contribution in [3.8, 4) is 0 Å². The number of aromatic nitrogens is 2. The van der Waals surface area contributed by atoms with Crippen molar-refractivity contribution < 1.29 is 9.53 Å². The molecule has 1 unspecified atom stereocenters. The zero-order valence-electron chi connectivity index (χ0n) is 15.9. The fraction of sp³-hybridized carbons (Fsp3) is 0.789. The van der Waals surface area contributed by atoms with E-state index in [-0.39, 0.29) is 5.91 Å². The van der Waals surface area contributed by atoms with E-state index in [9.17, 15) is 4.79 Å². The Morgan fingerprint density at radius 3 is 2.68 bits per heavy atom. The summed E-state index contributed by atoms with van der Waals surface area (Å²) < 4.78 is 7.49. The van der Waals surface area contributed by atoms with E-state index >= 15 is 0 Å². The van der Waals surface area contributed by atoms with Crippen molar-refractivity contribution in [1.29, 1.82) is 0 Å². The molecule has 2 aliphatic heterocycles. The second-order valence-electron chi connectivity index (χ2n) is 7.71. The second kappa shape index (κ2) is 8.32. The molecule has 1 atom stereocenters. The van der Waals surface area contributed by atoms with Crippen LogP contribution in [-0.2, 0) is 16.1 Å². The van der Waals surface area contributed by atoms with Gasteiger partial charge in [-0.15, -0.1) is 0 Å².